The number of imidazole rings is 1. The van der Waals surface area contributed by atoms with Gasteiger partial charge in [0.15, 0.2) is 0 Å². The maximum atomic E-state index is 4.80. The standard InChI is InChI=1S/C16H14BrN3/c17-11-6-7-14(18-10-11)16(8-3-9-16)15-19-12-4-1-2-5-13(12)20-15/h1-2,4-7,10H,3,8-9H2,(H,19,20). The van der Waals surface area contributed by atoms with Crippen LogP contribution in [0.4, 0.5) is 0 Å². The van der Waals surface area contributed by atoms with Crippen molar-refractivity contribution in [1.29, 1.82) is 0 Å². The van der Waals surface area contributed by atoms with Crippen LogP contribution in [-0.4, -0.2) is 15.0 Å². The predicted molar refractivity (Wildman–Crippen MR) is 82.7 cm³/mol. The summed E-state index contributed by atoms with van der Waals surface area (Å²) in [6, 6.07) is 12.4. The number of fused-ring (bicyclic) bond motifs is 1. The average molecular weight is 328 g/mol. The van der Waals surface area contributed by atoms with Gasteiger partial charge in [-0.15, -0.1) is 0 Å². The number of aromatic amines is 1. The summed E-state index contributed by atoms with van der Waals surface area (Å²) in [5.41, 5.74) is 3.22. The van der Waals surface area contributed by atoms with Crippen molar-refractivity contribution >= 4 is 27.0 Å². The lowest BCUT2D eigenvalue weighted by Gasteiger charge is -2.39. The van der Waals surface area contributed by atoms with Gasteiger partial charge in [0.1, 0.15) is 5.82 Å². The summed E-state index contributed by atoms with van der Waals surface area (Å²) in [4.78, 5) is 12.9. The Labute approximate surface area is 125 Å². The zero-order chi connectivity index (χ0) is 13.6. The molecular weight excluding hydrogens is 314 g/mol. The van der Waals surface area contributed by atoms with Gasteiger partial charge < -0.3 is 4.98 Å². The average Bonchev–Trinajstić information content (AvgIpc) is 2.83. The van der Waals surface area contributed by atoms with Crippen LogP contribution >= 0.6 is 15.9 Å². The molecule has 1 saturated carbocycles. The van der Waals surface area contributed by atoms with Crippen LogP contribution in [0.5, 0.6) is 0 Å². The van der Waals surface area contributed by atoms with E-state index < -0.39 is 0 Å². The number of aromatic nitrogens is 3. The second-order valence-corrected chi connectivity index (χ2v) is 6.32. The van der Waals surface area contributed by atoms with E-state index in [0.29, 0.717) is 0 Å². The highest BCUT2D eigenvalue weighted by Gasteiger charge is 2.44. The second kappa shape index (κ2) is 4.42. The van der Waals surface area contributed by atoms with Gasteiger partial charge in [-0.05, 0) is 53.0 Å². The Hall–Kier alpha value is -1.68. The number of nitrogens with one attached hydrogen (secondary N) is 1. The topological polar surface area (TPSA) is 41.6 Å². The van der Waals surface area contributed by atoms with Gasteiger partial charge in [-0.3, -0.25) is 4.98 Å². The van der Waals surface area contributed by atoms with Gasteiger partial charge in [0, 0.05) is 10.7 Å². The molecule has 3 nitrogen and oxygen atoms in total. The van der Waals surface area contributed by atoms with Crippen LogP contribution in [0.25, 0.3) is 11.0 Å². The van der Waals surface area contributed by atoms with Gasteiger partial charge >= 0.3 is 0 Å². The van der Waals surface area contributed by atoms with Crippen LogP contribution in [0.1, 0.15) is 30.8 Å². The van der Waals surface area contributed by atoms with Crippen molar-refractivity contribution in [2.24, 2.45) is 0 Å². The first-order valence-corrected chi connectivity index (χ1v) is 7.64. The first-order chi connectivity index (χ1) is 9.78. The molecule has 0 atom stereocenters. The Bertz CT molecular complexity index is 724. The number of rotatable bonds is 2. The highest BCUT2D eigenvalue weighted by molar-refractivity contribution is 9.10. The van der Waals surface area contributed by atoms with E-state index in [1.165, 1.54) is 6.42 Å². The van der Waals surface area contributed by atoms with Crippen molar-refractivity contribution in [3.63, 3.8) is 0 Å². The molecular formula is C16H14BrN3. The molecule has 2 aromatic heterocycles. The molecule has 4 rings (SSSR count). The molecule has 0 aliphatic heterocycles. The number of pyridine rings is 1. The van der Waals surface area contributed by atoms with Crippen LogP contribution in [0.3, 0.4) is 0 Å². The Morgan fingerprint density at radius 1 is 1.10 bits per heavy atom. The van der Waals surface area contributed by atoms with E-state index in [-0.39, 0.29) is 5.41 Å². The lowest BCUT2D eigenvalue weighted by atomic mass is 9.66. The molecule has 0 amide bonds. The number of benzene rings is 1. The number of nitrogens with zero attached hydrogens (tertiary/aromatic N) is 2. The van der Waals surface area contributed by atoms with E-state index in [9.17, 15) is 0 Å². The van der Waals surface area contributed by atoms with Crippen molar-refractivity contribution in [3.05, 3.63) is 58.6 Å². The first kappa shape index (κ1) is 12.1. The summed E-state index contributed by atoms with van der Waals surface area (Å²) in [5, 5.41) is 0. The number of halogens is 1. The van der Waals surface area contributed by atoms with E-state index in [2.05, 4.69) is 50.2 Å². The van der Waals surface area contributed by atoms with Crippen LogP contribution in [-0.2, 0) is 5.41 Å². The van der Waals surface area contributed by atoms with Crippen LogP contribution in [0.15, 0.2) is 47.1 Å². The van der Waals surface area contributed by atoms with E-state index in [1.807, 2.05) is 18.3 Å². The summed E-state index contributed by atoms with van der Waals surface area (Å²) < 4.78 is 1.01. The number of hydrogen-bond donors (Lipinski definition) is 1. The fourth-order valence-corrected chi connectivity index (χ4v) is 3.22. The van der Waals surface area contributed by atoms with E-state index in [0.717, 1.165) is 39.9 Å². The smallest absolute Gasteiger partial charge is 0.119 e. The lowest BCUT2D eigenvalue weighted by molar-refractivity contribution is 0.280. The van der Waals surface area contributed by atoms with Gasteiger partial charge in [-0.25, -0.2) is 4.98 Å². The monoisotopic (exact) mass is 327 g/mol. The molecule has 0 saturated heterocycles. The molecule has 100 valence electrons. The third-order valence-corrected chi connectivity index (χ3v) is 4.74. The van der Waals surface area contributed by atoms with Gasteiger partial charge in [0.25, 0.3) is 0 Å². The molecule has 1 fully saturated rings. The minimum absolute atomic E-state index is 0.0281. The molecule has 1 aliphatic rings. The zero-order valence-corrected chi connectivity index (χ0v) is 12.5. The normalized spacial score (nSPS) is 17.1. The van der Waals surface area contributed by atoms with Gasteiger partial charge in [-0.1, -0.05) is 18.6 Å². The molecule has 0 unspecified atom stereocenters. The number of H-pyrrole nitrogens is 1. The fraction of sp³-hybridized carbons (Fsp3) is 0.250. The van der Waals surface area contributed by atoms with E-state index in [1.54, 1.807) is 0 Å². The predicted octanol–water partition coefficient (Wildman–Crippen LogP) is 4.19. The van der Waals surface area contributed by atoms with Gasteiger partial charge in [0.05, 0.1) is 22.1 Å². The molecule has 1 aromatic carbocycles. The molecule has 1 aliphatic carbocycles. The Kier molecular flexibility index (Phi) is 2.67. The molecule has 3 aromatic rings. The summed E-state index contributed by atoms with van der Waals surface area (Å²) >= 11 is 3.45. The van der Waals surface area contributed by atoms with Crippen LogP contribution in [0, 0.1) is 0 Å². The highest BCUT2D eigenvalue weighted by Crippen LogP contribution is 2.47. The summed E-state index contributed by atoms with van der Waals surface area (Å²) in [6.07, 6.45) is 5.33. The quantitative estimate of drug-likeness (QED) is 0.766. The van der Waals surface area contributed by atoms with Crippen LogP contribution in [0.2, 0.25) is 0 Å². The zero-order valence-electron chi connectivity index (χ0n) is 10.9. The van der Waals surface area contributed by atoms with Crippen molar-refractivity contribution in [1.82, 2.24) is 15.0 Å². The van der Waals surface area contributed by atoms with E-state index >= 15 is 0 Å². The third kappa shape index (κ3) is 1.71. The Balaban J connectivity index is 1.86. The Morgan fingerprint density at radius 3 is 2.60 bits per heavy atom. The minimum atomic E-state index is -0.0281. The molecule has 4 heteroatoms. The SMILES string of the molecule is Brc1ccc(C2(c3nc4ccccc4[nH]3)CCC2)nc1. The van der Waals surface area contributed by atoms with Crippen LogP contribution < -0.4 is 0 Å². The third-order valence-electron chi connectivity index (χ3n) is 4.27. The Morgan fingerprint density at radius 2 is 1.95 bits per heavy atom. The molecule has 0 bridgehead atoms. The maximum absolute atomic E-state index is 4.80. The van der Waals surface area contributed by atoms with Crippen molar-refractivity contribution < 1.29 is 0 Å². The summed E-state index contributed by atoms with van der Waals surface area (Å²) in [7, 11) is 0. The summed E-state index contributed by atoms with van der Waals surface area (Å²) in [5.74, 6) is 1.06. The lowest BCUT2D eigenvalue weighted by Crippen LogP contribution is -2.37. The highest BCUT2D eigenvalue weighted by atomic mass is 79.9. The van der Waals surface area contributed by atoms with Crippen molar-refractivity contribution in [3.8, 4) is 0 Å². The molecule has 0 radical (unpaired) electrons. The van der Waals surface area contributed by atoms with E-state index in [4.69, 9.17) is 4.98 Å². The molecule has 2 heterocycles. The van der Waals surface area contributed by atoms with Gasteiger partial charge in [-0.2, -0.15) is 0 Å². The fourth-order valence-electron chi connectivity index (χ4n) is 2.98. The van der Waals surface area contributed by atoms with Gasteiger partial charge in [0.2, 0.25) is 0 Å². The molecule has 0 spiro atoms. The van der Waals surface area contributed by atoms with Crippen molar-refractivity contribution in [2.75, 3.05) is 0 Å². The molecule has 20 heavy (non-hydrogen) atoms. The first-order valence-electron chi connectivity index (χ1n) is 6.85. The largest absolute Gasteiger partial charge is 0.341 e. The second-order valence-electron chi connectivity index (χ2n) is 5.40. The number of hydrogen-bond acceptors (Lipinski definition) is 2. The van der Waals surface area contributed by atoms with Crippen molar-refractivity contribution in [2.45, 2.75) is 24.7 Å². The summed E-state index contributed by atoms with van der Waals surface area (Å²) in [6.45, 7) is 0. The molecule has 1 N–H and O–H groups in total. The number of para-hydroxylation sites is 2. The maximum Gasteiger partial charge on any atom is 0.119 e. The minimum Gasteiger partial charge on any atom is -0.341 e.